The molecule has 0 spiro atoms. The largest absolute Gasteiger partial charge is 0.388 e. The Morgan fingerprint density at radius 3 is 2.28 bits per heavy atom. The average molecular weight is 251 g/mol. The number of non-ortho nitro benzene ring substituents is 1. The normalized spacial score (nSPS) is 12.4. The molecule has 0 saturated heterocycles. The SMILES string of the molecule is CC(C)CC(=O)C[C@@H](O)c1ccc([N+](=O)[O-])cc1. The molecule has 0 aliphatic rings. The van der Waals surface area contributed by atoms with Crippen LogP contribution in [0.15, 0.2) is 24.3 Å². The number of aliphatic hydroxyl groups is 1. The molecule has 0 aliphatic heterocycles. The number of rotatable bonds is 6. The summed E-state index contributed by atoms with van der Waals surface area (Å²) in [7, 11) is 0. The summed E-state index contributed by atoms with van der Waals surface area (Å²) in [5.74, 6) is 0.261. The number of benzene rings is 1. The molecule has 98 valence electrons. The van der Waals surface area contributed by atoms with Crippen molar-refractivity contribution in [2.75, 3.05) is 0 Å². The van der Waals surface area contributed by atoms with Gasteiger partial charge in [-0.15, -0.1) is 0 Å². The van der Waals surface area contributed by atoms with E-state index in [-0.39, 0.29) is 23.8 Å². The van der Waals surface area contributed by atoms with Crippen molar-refractivity contribution in [2.24, 2.45) is 5.92 Å². The summed E-state index contributed by atoms with van der Waals surface area (Å²) in [5.41, 5.74) is 0.497. The van der Waals surface area contributed by atoms with Gasteiger partial charge in [-0.2, -0.15) is 0 Å². The van der Waals surface area contributed by atoms with Crippen molar-refractivity contribution in [1.82, 2.24) is 0 Å². The van der Waals surface area contributed by atoms with E-state index in [9.17, 15) is 20.0 Å². The van der Waals surface area contributed by atoms with Crippen LogP contribution < -0.4 is 0 Å². The van der Waals surface area contributed by atoms with Crippen molar-refractivity contribution in [3.63, 3.8) is 0 Å². The fourth-order valence-electron chi connectivity index (χ4n) is 1.69. The zero-order valence-electron chi connectivity index (χ0n) is 10.5. The van der Waals surface area contributed by atoms with Crippen LogP contribution in [0.5, 0.6) is 0 Å². The van der Waals surface area contributed by atoms with Gasteiger partial charge in [0.25, 0.3) is 5.69 Å². The first-order valence-corrected chi connectivity index (χ1v) is 5.84. The molecule has 1 atom stereocenters. The molecule has 1 aromatic rings. The van der Waals surface area contributed by atoms with Crippen LogP contribution in [-0.2, 0) is 4.79 Å². The van der Waals surface area contributed by atoms with Crippen molar-refractivity contribution in [3.8, 4) is 0 Å². The number of Topliss-reactive ketones (excluding diaryl/α,β-unsaturated/α-hetero) is 1. The second-order valence-corrected chi connectivity index (χ2v) is 4.71. The quantitative estimate of drug-likeness (QED) is 0.622. The van der Waals surface area contributed by atoms with Gasteiger partial charge in [-0.05, 0) is 23.6 Å². The fraction of sp³-hybridized carbons (Fsp3) is 0.462. The van der Waals surface area contributed by atoms with E-state index >= 15 is 0 Å². The van der Waals surface area contributed by atoms with Crippen LogP contribution in [0.1, 0.15) is 38.4 Å². The number of carbonyl (C=O) groups excluding carboxylic acids is 1. The molecule has 5 heteroatoms. The van der Waals surface area contributed by atoms with Gasteiger partial charge in [0.2, 0.25) is 0 Å². The summed E-state index contributed by atoms with van der Waals surface area (Å²) in [4.78, 5) is 21.5. The first kappa shape index (κ1) is 14.3. The number of hydrogen-bond acceptors (Lipinski definition) is 4. The third-order valence-electron chi connectivity index (χ3n) is 2.55. The summed E-state index contributed by atoms with van der Waals surface area (Å²) >= 11 is 0. The highest BCUT2D eigenvalue weighted by Gasteiger charge is 2.15. The predicted molar refractivity (Wildman–Crippen MR) is 67.1 cm³/mol. The standard InChI is InChI=1S/C13H17NO4/c1-9(2)7-12(15)8-13(16)10-3-5-11(6-4-10)14(17)18/h3-6,9,13,16H,7-8H2,1-2H3/t13-/m1/s1. The van der Waals surface area contributed by atoms with Crippen LogP contribution in [0.2, 0.25) is 0 Å². The highest BCUT2D eigenvalue weighted by molar-refractivity contribution is 5.79. The molecule has 0 aliphatic carbocycles. The zero-order chi connectivity index (χ0) is 13.7. The lowest BCUT2D eigenvalue weighted by molar-refractivity contribution is -0.384. The number of carbonyl (C=O) groups is 1. The molecule has 0 bridgehead atoms. The van der Waals surface area contributed by atoms with Crippen LogP contribution in [0.4, 0.5) is 5.69 Å². The van der Waals surface area contributed by atoms with Crippen LogP contribution >= 0.6 is 0 Å². The van der Waals surface area contributed by atoms with Crippen molar-refractivity contribution in [2.45, 2.75) is 32.8 Å². The lowest BCUT2D eigenvalue weighted by Gasteiger charge is -2.11. The molecule has 0 fully saturated rings. The van der Waals surface area contributed by atoms with E-state index in [1.807, 2.05) is 13.8 Å². The van der Waals surface area contributed by atoms with E-state index in [4.69, 9.17) is 0 Å². The summed E-state index contributed by atoms with van der Waals surface area (Å²) in [5, 5.41) is 20.3. The van der Waals surface area contributed by atoms with Gasteiger partial charge in [-0.25, -0.2) is 0 Å². The van der Waals surface area contributed by atoms with Gasteiger partial charge in [-0.3, -0.25) is 14.9 Å². The van der Waals surface area contributed by atoms with Crippen LogP contribution in [-0.4, -0.2) is 15.8 Å². The van der Waals surface area contributed by atoms with E-state index in [2.05, 4.69) is 0 Å². The maximum atomic E-state index is 11.5. The summed E-state index contributed by atoms with van der Waals surface area (Å²) in [6, 6.07) is 5.61. The van der Waals surface area contributed by atoms with E-state index in [1.54, 1.807) is 0 Å². The second-order valence-electron chi connectivity index (χ2n) is 4.71. The number of nitrogens with zero attached hydrogens (tertiary/aromatic N) is 1. The maximum Gasteiger partial charge on any atom is 0.269 e. The number of nitro groups is 1. The molecular weight excluding hydrogens is 234 g/mol. The maximum absolute atomic E-state index is 11.5. The number of nitro benzene ring substituents is 1. The minimum atomic E-state index is -0.892. The van der Waals surface area contributed by atoms with Crippen molar-refractivity contribution < 1.29 is 14.8 Å². The smallest absolute Gasteiger partial charge is 0.269 e. The third kappa shape index (κ3) is 4.25. The molecule has 1 N–H and O–H groups in total. The van der Waals surface area contributed by atoms with E-state index in [0.717, 1.165) is 0 Å². The van der Waals surface area contributed by atoms with E-state index < -0.39 is 11.0 Å². The van der Waals surface area contributed by atoms with E-state index in [1.165, 1.54) is 24.3 Å². The first-order valence-electron chi connectivity index (χ1n) is 5.84. The summed E-state index contributed by atoms with van der Waals surface area (Å²) in [6.07, 6.45) is -0.405. The van der Waals surface area contributed by atoms with Crippen LogP contribution in [0, 0.1) is 16.0 Å². The van der Waals surface area contributed by atoms with Gasteiger partial charge in [0, 0.05) is 25.0 Å². The Kier molecular flexibility index (Phi) is 4.97. The molecule has 18 heavy (non-hydrogen) atoms. The molecule has 0 saturated carbocycles. The topological polar surface area (TPSA) is 80.4 Å². The number of aliphatic hydroxyl groups excluding tert-OH is 1. The number of ketones is 1. The van der Waals surface area contributed by atoms with Gasteiger partial charge >= 0.3 is 0 Å². The Balaban J connectivity index is 2.64. The first-order chi connectivity index (χ1) is 8.40. The molecule has 1 aromatic carbocycles. The zero-order valence-corrected chi connectivity index (χ0v) is 10.5. The van der Waals surface area contributed by atoms with Crippen molar-refractivity contribution in [1.29, 1.82) is 0 Å². The molecule has 1 rings (SSSR count). The highest BCUT2D eigenvalue weighted by Crippen LogP contribution is 2.21. The molecule has 0 unspecified atom stereocenters. The molecule has 0 aromatic heterocycles. The molecule has 0 radical (unpaired) electrons. The van der Waals surface area contributed by atoms with Gasteiger partial charge in [-0.1, -0.05) is 13.8 Å². The third-order valence-corrected chi connectivity index (χ3v) is 2.55. The van der Waals surface area contributed by atoms with Gasteiger partial charge in [0.1, 0.15) is 5.78 Å². The molecule has 0 amide bonds. The highest BCUT2D eigenvalue weighted by atomic mass is 16.6. The molecule has 5 nitrogen and oxygen atoms in total. The van der Waals surface area contributed by atoms with Gasteiger partial charge in [0.15, 0.2) is 0 Å². The monoisotopic (exact) mass is 251 g/mol. The lowest BCUT2D eigenvalue weighted by atomic mass is 9.99. The Labute approximate surface area is 106 Å². The van der Waals surface area contributed by atoms with Crippen LogP contribution in [0.3, 0.4) is 0 Å². The minimum absolute atomic E-state index is 0.00384. The molecule has 0 heterocycles. The average Bonchev–Trinajstić information content (AvgIpc) is 2.27. The lowest BCUT2D eigenvalue weighted by Crippen LogP contribution is -2.09. The summed E-state index contributed by atoms with van der Waals surface area (Å²) in [6.45, 7) is 3.88. The van der Waals surface area contributed by atoms with Gasteiger partial charge in [0.05, 0.1) is 11.0 Å². The van der Waals surface area contributed by atoms with Gasteiger partial charge < -0.3 is 5.11 Å². The predicted octanol–water partition coefficient (Wildman–Crippen LogP) is 2.63. The second kappa shape index (κ2) is 6.26. The van der Waals surface area contributed by atoms with Crippen molar-refractivity contribution >= 4 is 11.5 Å². The fourth-order valence-corrected chi connectivity index (χ4v) is 1.69. The molecular formula is C13H17NO4. The Bertz CT molecular complexity index is 425. The Morgan fingerprint density at radius 1 is 1.28 bits per heavy atom. The van der Waals surface area contributed by atoms with Crippen molar-refractivity contribution in [3.05, 3.63) is 39.9 Å². The Morgan fingerprint density at radius 2 is 1.83 bits per heavy atom. The summed E-state index contributed by atoms with van der Waals surface area (Å²) < 4.78 is 0. The van der Waals surface area contributed by atoms with Crippen LogP contribution in [0.25, 0.3) is 0 Å². The number of hydrogen-bond donors (Lipinski definition) is 1. The minimum Gasteiger partial charge on any atom is -0.388 e. The van der Waals surface area contributed by atoms with E-state index in [0.29, 0.717) is 12.0 Å². The Hall–Kier alpha value is -1.75.